The molecule has 0 bridgehead atoms. The standard InChI is InChI=1S/C24H28N4O7S3/c1-15-10-16(2)13-27(12-15)38(33,34)18-6-4-17(5-7-18)23(30)26-24-28(14-22(29)35-3)20-9-8-19(37(25,31)32)11-21(20)36-24/h4-9,11,15-16H,10,12-14H2,1-3H3,(H2,25,31,32)/t15-,16-/m0/s1. The Balaban J connectivity index is 1.69. The van der Waals surface area contributed by atoms with Crippen molar-refractivity contribution in [2.45, 2.75) is 36.6 Å². The number of carbonyl (C=O) groups is 2. The van der Waals surface area contributed by atoms with Crippen LogP contribution >= 0.6 is 11.3 Å². The van der Waals surface area contributed by atoms with Gasteiger partial charge in [0.05, 0.1) is 27.1 Å². The van der Waals surface area contributed by atoms with Crippen molar-refractivity contribution in [3.63, 3.8) is 0 Å². The molecule has 4 rings (SSSR count). The van der Waals surface area contributed by atoms with Gasteiger partial charge in [-0.25, -0.2) is 22.0 Å². The maximum absolute atomic E-state index is 13.1. The molecule has 1 fully saturated rings. The number of methoxy groups -OCH3 is 1. The summed E-state index contributed by atoms with van der Waals surface area (Å²) >= 11 is 1.00. The number of primary sulfonamides is 1. The molecule has 1 aliphatic rings. The van der Waals surface area contributed by atoms with Crippen molar-refractivity contribution < 1.29 is 31.2 Å². The second-order valence-corrected chi connectivity index (χ2v) is 13.9. The minimum atomic E-state index is -3.97. The summed E-state index contributed by atoms with van der Waals surface area (Å²) in [5, 5.41) is 5.23. The van der Waals surface area contributed by atoms with Crippen LogP contribution in [0.15, 0.2) is 57.2 Å². The zero-order valence-corrected chi connectivity index (χ0v) is 23.5. The van der Waals surface area contributed by atoms with E-state index in [1.165, 1.54) is 58.4 Å². The normalized spacial score (nSPS) is 19.5. The summed E-state index contributed by atoms with van der Waals surface area (Å²) in [7, 11) is -6.45. The smallest absolute Gasteiger partial charge is 0.325 e. The molecule has 3 aromatic rings. The number of nitrogens with two attached hydrogens (primary N) is 1. The van der Waals surface area contributed by atoms with Crippen LogP contribution < -0.4 is 9.94 Å². The topological polar surface area (TPSA) is 158 Å². The number of esters is 1. The molecule has 11 nitrogen and oxygen atoms in total. The van der Waals surface area contributed by atoms with E-state index >= 15 is 0 Å². The van der Waals surface area contributed by atoms with Crippen LogP contribution in [0.2, 0.25) is 0 Å². The molecule has 204 valence electrons. The fourth-order valence-electron chi connectivity index (χ4n) is 4.53. The molecule has 14 heteroatoms. The molecular weight excluding hydrogens is 552 g/mol. The third-order valence-corrected chi connectivity index (χ3v) is 10.1. The van der Waals surface area contributed by atoms with Gasteiger partial charge in [0.2, 0.25) is 20.0 Å². The molecule has 2 aromatic carbocycles. The number of aromatic nitrogens is 1. The van der Waals surface area contributed by atoms with Crippen molar-refractivity contribution in [1.29, 1.82) is 0 Å². The Labute approximate surface area is 224 Å². The van der Waals surface area contributed by atoms with Crippen molar-refractivity contribution in [2.24, 2.45) is 22.0 Å². The molecule has 1 aliphatic heterocycles. The third-order valence-electron chi connectivity index (χ3n) is 6.27. The second-order valence-electron chi connectivity index (χ2n) is 9.43. The first-order valence-corrected chi connectivity index (χ1v) is 15.5. The van der Waals surface area contributed by atoms with Gasteiger partial charge in [-0.3, -0.25) is 9.59 Å². The van der Waals surface area contributed by atoms with Gasteiger partial charge in [-0.2, -0.15) is 9.30 Å². The number of piperidine rings is 1. The Morgan fingerprint density at radius 3 is 2.21 bits per heavy atom. The van der Waals surface area contributed by atoms with Crippen LogP contribution in [0.25, 0.3) is 10.2 Å². The van der Waals surface area contributed by atoms with Gasteiger partial charge in [0.25, 0.3) is 5.91 Å². The van der Waals surface area contributed by atoms with E-state index < -0.39 is 31.9 Å². The minimum Gasteiger partial charge on any atom is -0.468 e. The molecule has 0 unspecified atom stereocenters. The first-order valence-electron chi connectivity index (χ1n) is 11.7. The van der Waals surface area contributed by atoms with Gasteiger partial charge >= 0.3 is 5.97 Å². The number of nitrogens with zero attached hydrogens (tertiary/aromatic N) is 3. The van der Waals surface area contributed by atoms with Gasteiger partial charge in [-0.05, 0) is 60.7 Å². The molecule has 2 atom stereocenters. The lowest BCUT2D eigenvalue weighted by Crippen LogP contribution is -2.42. The first-order chi connectivity index (χ1) is 17.8. The monoisotopic (exact) mass is 580 g/mol. The lowest BCUT2D eigenvalue weighted by atomic mass is 9.94. The molecule has 0 radical (unpaired) electrons. The van der Waals surface area contributed by atoms with Crippen LogP contribution in [0, 0.1) is 11.8 Å². The average Bonchev–Trinajstić information content (AvgIpc) is 3.18. The summed E-state index contributed by atoms with van der Waals surface area (Å²) in [5.41, 5.74) is 0.613. The third kappa shape index (κ3) is 5.89. The molecule has 0 spiro atoms. The van der Waals surface area contributed by atoms with Crippen LogP contribution in [0.4, 0.5) is 0 Å². The van der Waals surface area contributed by atoms with Crippen molar-refractivity contribution in [2.75, 3.05) is 20.2 Å². The van der Waals surface area contributed by atoms with Gasteiger partial charge < -0.3 is 9.30 Å². The van der Waals surface area contributed by atoms with E-state index in [0.717, 1.165) is 17.8 Å². The summed E-state index contributed by atoms with van der Waals surface area (Å²) in [5.74, 6) is -0.740. The van der Waals surface area contributed by atoms with Gasteiger partial charge in [-0.15, -0.1) is 0 Å². The van der Waals surface area contributed by atoms with E-state index in [1.807, 2.05) is 13.8 Å². The van der Waals surface area contributed by atoms with E-state index in [0.29, 0.717) is 23.3 Å². The highest BCUT2D eigenvalue weighted by Crippen LogP contribution is 2.27. The predicted octanol–water partition coefficient (Wildman–Crippen LogP) is 1.93. The molecule has 2 N–H and O–H groups in total. The number of hydrogen-bond donors (Lipinski definition) is 1. The van der Waals surface area contributed by atoms with Gasteiger partial charge in [-0.1, -0.05) is 25.2 Å². The largest absolute Gasteiger partial charge is 0.468 e. The summed E-state index contributed by atoms with van der Waals surface area (Å²) in [6.45, 7) is 4.68. The van der Waals surface area contributed by atoms with Crippen LogP contribution in [-0.4, -0.2) is 57.8 Å². The number of thiazole rings is 1. The van der Waals surface area contributed by atoms with Crippen LogP contribution in [0.3, 0.4) is 0 Å². The molecule has 1 aromatic heterocycles. The Bertz CT molecular complexity index is 1660. The van der Waals surface area contributed by atoms with E-state index in [2.05, 4.69) is 4.99 Å². The van der Waals surface area contributed by atoms with Gasteiger partial charge in [0.1, 0.15) is 6.54 Å². The quantitative estimate of drug-likeness (QED) is 0.436. The number of carbonyl (C=O) groups excluding carboxylic acids is 2. The lowest BCUT2D eigenvalue weighted by Gasteiger charge is -2.34. The van der Waals surface area contributed by atoms with E-state index in [4.69, 9.17) is 9.88 Å². The van der Waals surface area contributed by atoms with Crippen LogP contribution in [-0.2, 0) is 36.1 Å². The maximum Gasteiger partial charge on any atom is 0.325 e. The van der Waals surface area contributed by atoms with Gasteiger partial charge in [0.15, 0.2) is 4.80 Å². The molecule has 38 heavy (non-hydrogen) atoms. The Kier molecular flexibility index (Phi) is 7.91. The highest BCUT2D eigenvalue weighted by molar-refractivity contribution is 7.89. The number of hydrogen-bond acceptors (Lipinski definition) is 8. The summed E-state index contributed by atoms with van der Waals surface area (Å²) in [4.78, 5) is 29.3. The van der Waals surface area contributed by atoms with Crippen LogP contribution in [0.5, 0.6) is 0 Å². The average molecular weight is 581 g/mol. The fraction of sp³-hybridized carbons (Fsp3) is 0.375. The number of sulfonamides is 2. The number of ether oxygens (including phenoxy) is 1. The fourth-order valence-corrected chi connectivity index (χ4v) is 7.90. The van der Waals surface area contributed by atoms with Crippen molar-refractivity contribution >= 4 is 53.5 Å². The maximum atomic E-state index is 13.1. The van der Waals surface area contributed by atoms with Crippen molar-refractivity contribution in [3.05, 3.63) is 52.8 Å². The zero-order chi connectivity index (χ0) is 27.8. The number of rotatable bonds is 6. The molecule has 2 heterocycles. The summed E-state index contributed by atoms with van der Waals surface area (Å²) < 4.78 is 57.9. The minimum absolute atomic E-state index is 0.0912. The molecular formula is C24H28N4O7S3. The Hall–Kier alpha value is -2.91. The molecule has 0 saturated carbocycles. The predicted molar refractivity (Wildman–Crippen MR) is 141 cm³/mol. The number of amides is 1. The first kappa shape index (κ1) is 28.1. The Morgan fingerprint density at radius 2 is 1.63 bits per heavy atom. The molecule has 0 aliphatic carbocycles. The zero-order valence-electron chi connectivity index (χ0n) is 21.0. The van der Waals surface area contributed by atoms with E-state index in [1.54, 1.807) is 0 Å². The lowest BCUT2D eigenvalue weighted by molar-refractivity contribution is -0.141. The van der Waals surface area contributed by atoms with Gasteiger partial charge in [0, 0.05) is 18.7 Å². The number of fused-ring (bicyclic) bond motifs is 1. The number of benzene rings is 2. The highest BCUT2D eigenvalue weighted by atomic mass is 32.2. The molecule has 1 amide bonds. The second kappa shape index (κ2) is 10.7. The van der Waals surface area contributed by atoms with E-state index in [-0.39, 0.29) is 38.5 Å². The van der Waals surface area contributed by atoms with Crippen LogP contribution in [0.1, 0.15) is 30.6 Å². The Morgan fingerprint density at radius 1 is 1.03 bits per heavy atom. The summed E-state index contributed by atoms with van der Waals surface area (Å²) in [6, 6.07) is 9.67. The van der Waals surface area contributed by atoms with Crippen molar-refractivity contribution in [1.82, 2.24) is 8.87 Å². The van der Waals surface area contributed by atoms with Crippen molar-refractivity contribution in [3.8, 4) is 0 Å². The summed E-state index contributed by atoms with van der Waals surface area (Å²) in [6.07, 6.45) is 0.970. The molecule has 1 saturated heterocycles. The van der Waals surface area contributed by atoms with E-state index in [9.17, 15) is 26.4 Å². The SMILES string of the molecule is COC(=O)Cn1c(=NC(=O)c2ccc(S(=O)(=O)N3C[C@@H](C)C[C@H](C)C3)cc2)sc2cc(S(N)(=O)=O)ccc21. The highest BCUT2D eigenvalue weighted by Gasteiger charge is 2.31.